The zero-order chi connectivity index (χ0) is 18.4. The van der Waals surface area contributed by atoms with E-state index in [1.807, 2.05) is 55.3 Å². The minimum Gasteiger partial charge on any atom is -0.493 e. The molecular weight excluding hydrogens is 384 g/mol. The van der Waals surface area contributed by atoms with Crippen LogP contribution in [0.3, 0.4) is 0 Å². The van der Waals surface area contributed by atoms with Crippen LogP contribution < -0.4 is 14.8 Å². The highest BCUT2D eigenvalue weighted by molar-refractivity contribution is 9.10. The summed E-state index contributed by atoms with van der Waals surface area (Å²) in [7, 11) is 5.12. The summed E-state index contributed by atoms with van der Waals surface area (Å²) in [4.78, 5) is 14.2. The molecule has 0 heterocycles. The van der Waals surface area contributed by atoms with Crippen molar-refractivity contribution < 1.29 is 14.3 Å². The first-order chi connectivity index (χ1) is 11.9. The summed E-state index contributed by atoms with van der Waals surface area (Å²) < 4.78 is 11.5. The van der Waals surface area contributed by atoms with Gasteiger partial charge in [0, 0.05) is 16.7 Å². The van der Waals surface area contributed by atoms with Crippen LogP contribution in [0.4, 0.5) is 5.69 Å². The fourth-order valence-corrected chi connectivity index (χ4v) is 2.84. The summed E-state index contributed by atoms with van der Waals surface area (Å²) in [5, 5.41) is 2.91. The van der Waals surface area contributed by atoms with Gasteiger partial charge in [0.1, 0.15) is 0 Å². The van der Waals surface area contributed by atoms with Crippen molar-refractivity contribution in [1.82, 2.24) is 4.90 Å². The first kappa shape index (κ1) is 19.3. The third-order valence-electron chi connectivity index (χ3n) is 3.77. The second kappa shape index (κ2) is 8.87. The van der Waals surface area contributed by atoms with Crippen LogP contribution in [0.1, 0.15) is 11.1 Å². The monoisotopic (exact) mass is 406 g/mol. The summed E-state index contributed by atoms with van der Waals surface area (Å²) in [6.45, 7) is 2.93. The van der Waals surface area contributed by atoms with Crippen molar-refractivity contribution in [3.63, 3.8) is 0 Å². The van der Waals surface area contributed by atoms with Crippen LogP contribution in [-0.2, 0) is 11.3 Å². The molecule has 2 aromatic rings. The van der Waals surface area contributed by atoms with Crippen molar-refractivity contribution in [2.75, 3.05) is 33.1 Å². The van der Waals surface area contributed by atoms with Crippen LogP contribution in [0.25, 0.3) is 0 Å². The minimum atomic E-state index is -0.0567. The maximum absolute atomic E-state index is 12.2. The van der Waals surface area contributed by atoms with E-state index in [9.17, 15) is 4.79 Å². The summed E-state index contributed by atoms with van der Waals surface area (Å²) in [6.07, 6.45) is 0. The molecule has 0 aromatic heterocycles. The highest BCUT2D eigenvalue weighted by Gasteiger charge is 2.10. The molecule has 0 atom stereocenters. The van der Waals surface area contributed by atoms with Crippen LogP contribution in [-0.4, -0.2) is 38.6 Å². The molecule has 0 bridgehead atoms. The first-order valence-corrected chi connectivity index (χ1v) is 8.67. The largest absolute Gasteiger partial charge is 0.493 e. The molecule has 0 unspecified atom stereocenters. The summed E-state index contributed by atoms with van der Waals surface area (Å²) in [6, 6.07) is 11.5. The van der Waals surface area contributed by atoms with Gasteiger partial charge >= 0.3 is 0 Å². The first-order valence-electron chi connectivity index (χ1n) is 7.88. The number of hydrogen-bond acceptors (Lipinski definition) is 4. The third-order valence-corrected chi connectivity index (χ3v) is 4.62. The Balaban J connectivity index is 1.94. The lowest BCUT2D eigenvalue weighted by atomic mass is 10.2. The number of aryl methyl sites for hydroxylation is 1. The molecule has 5 nitrogen and oxygen atoms in total. The van der Waals surface area contributed by atoms with Gasteiger partial charge in [-0.15, -0.1) is 0 Å². The predicted molar refractivity (Wildman–Crippen MR) is 103 cm³/mol. The van der Waals surface area contributed by atoms with Crippen molar-refractivity contribution in [2.45, 2.75) is 13.5 Å². The maximum atomic E-state index is 12.2. The molecule has 0 saturated heterocycles. The highest BCUT2D eigenvalue weighted by Crippen LogP contribution is 2.28. The second-order valence-electron chi connectivity index (χ2n) is 5.87. The molecule has 0 aliphatic rings. The summed E-state index contributed by atoms with van der Waals surface area (Å²) >= 11 is 3.47. The van der Waals surface area contributed by atoms with Gasteiger partial charge in [0.15, 0.2) is 11.5 Å². The number of nitrogens with zero attached hydrogens (tertiary/aromatic N) is 1. The zero-order valence-corrected chi connectivity index (χ0v) is 16.5. The molecule has 1 N–H and O–H groups in total. The van der Waals surface area contributed by atoms with Gasteiger partial charge in [-0.3, -0.25) is 9.69 Å². The Hall–Kier alpha value is -2.05. The molecule has 2 aromatic carbocycles. The SMILES string of the molecule is COc1ccc(CN(C)CC(=O)Nc2ccc(C)c(Br)c2)cc1OC. The number of methoxy groups -OCH3 is 2. The molecule has 1 amide bonds. The van der Waals surface area contributed by atoms with Gasteiger partial charge in [-0.2, -0.15) is 0 Å². The molecule has 2 rings (SSSR count). The van der Waals surface area contributed by atoms with E-state index in [0.717, 1.165) is 21.3 Å². The van der Waals surface area contributed by atoms with E-state index in [1.165, 1.54) is 0 Å². The molecule has 0 spiro atoms. The third kappa shape index (κ3) is 5.47. The van der Waals surface area contributed by atoms with E-state index in [-0.39, 0.29) is 5.91 Å². The Kier molecular flexibility index (Phi) is 6.84. The molecular formula is C19H23BrN2O3. The quantitative estimate of drug-likeness (QED) is 0.758. The Labute approximate surface area is 157 Å². The maximum Gasteiger partial charge on any atom is 0.238 e. The Bertz CT molecular complexity index is 749. The normalized spacial score (nSPS) is 10.6. The number of anilines is 1. The Morgan fingerprint density at radius 1 is 1.12 bits per heavy atom. The van der Waals surface area contributed by atoms with Crippen molar-refractivity contribution in [1.29, 1.82) is 0 Å². The second-order valence-corrected chi connectivity index (χ2v) is 6.73. The average Bonchev–Trinajstić information content (AvgIpc) is 2.57. The summed E-state index contributed by atoms with van der Waals surface area (Å²) in [5.41, 5.74) is 2.96. The van der Waals surface area contributed by atoms with E-state index in [0.29, 0.717) is 24.6 Å². The van der Waals surface area contributed by atoms with Gasteiger partial charge in [0.25, 0.3) is 0 Å². The van der Waals surface area contributed by atoms with E-state index < -0.39 is 0 Å². The Morgan fingerprint density at radius 3 is 2.48 bits per heavy atom. The molecule has 0 fully saturated rings. The molecule has 25 heavy (non-hydrogen) atoms. The lowest BCUT2D eigenvalue weighted by molar-refractivity contribution is -0.117. The van der Waals surface area contributed by atoms with Gasteiger partial charge in [-0.05, 0) is 49.4 Å². The van der Waals surface area contributed by atoms with Gasteiger partial charge < -0.3 is 14.8 Å². The number of ether oxygens (including phenoxy) is 2. The van der Waals surface area contributed by atoms with Crippen molar-refractivity contribution in [3.8, 4) is 11.5 Å². The van der Waals surface area contributed by atoms with Crippen molar-refractivity contribution in [3.05, 3.63) is 52.0 Å². The highest BCUT2D eigenvalue weighted by atomic mass is 79.9. The number of hydrogen-bond donors (Lipinski definition) is 1. The topological polar surface area (TPSA) is 50.8 Å². The van der Waals surface area contributed by atoms with E-state index >= 15 is 0 Å². The van der Waals surface area contributed by atoms with Crippen LogP contribution in [0.5, 0.6) is 11.5 Å². The van der Waals surface area contributed by atoms with Gasteiger partial charge in [-0.1, -0.05) is 28.1 Å². The minimum absolute atomic E-state index is 0.0567. The van der Waals surface area contributed by atoms with E-state index in [1.54, 1.807) is 14.2 Å². The predicted octanol–water partition coefficient (Wildman–Crippen LogP) is 3.85. The number of rotatable bonds is 7. The van der Waals surface area contributed by atoms with Crippen LogP contribution in [0.15, 0.2) is 40.9 Å². The fourth-order valence-electron chi connectivity index (χ4n) is 2.46. The standard InChI is InChI=1S/C19H23BrN2O3/c1-13-5-7-15(10-16(13)20)21-19(23)12-22(2)11-14-6-8-17(24-3)18(9-14)25-4/h5-10H,11-12H2,1-4H3,(H,21,23). The zero-order valence-electron chi connectivity index (χ0n) is 14.9. The molecule has 0 aliphatic heterocycles. The number of amides is 1. The lowest BCUT2D eigenvalue weighted by Crippen LogP contribution is -2.29. The number of benzene rings is 2. The number of halogens is 1. The van der Waals surface area contributed by atoms with Gasteiger partial charge in [0.2, 0.25) is 5.91 Å². The van der Waals surface area contributed by atoms with Gasteiger partial charge in [-0.25, -0.2) is 0 Å². The van der Waals surface area contributed by atoms with E-state index in [4.69, 9.17) is 9.47 Å². The molecule has 0 saturated carbocycles. The van der Waals surface area contributed by atoms with Crippen molar-refractivity contribution >= 4 is 27.5 Å². The van der Waals surface area contributed by atoms with Crippen LogP contribution in [0.2, 0.25) is 0 Å². The fraction of sp³-hybridized carbons (Fsp3) is 0.316. The molecule has 0 radical (unpaired) electrons. The molecule has 134 valence electrons. The molecule has 0 aliphatic carbocycles. The van der Waals surface area contributed by atoms with Crippen LogP contribution >= 0.6 is 15.9 Å². The smallest absolute Gasteiger partial charge is 0.238 e. The number of carbonyl (C=O) groups is 1. The number of carbonyl (C=O) groups excluding carboxylic acids is 1. The number of nitrogens with one attached hydrogen (secondary N) is 1. The summed E-state index contributed by atoms with van der Waals surface area (Å²) in [5.74, 6) is 1.32. The van der Waals surface area contributed by atoms with E-state index in [2.05, 4.69) is 21.2 Å². The molecule has 6 heteroatoms. The van der Waals surface area contributed by atoms with Crippen LogP contribution in [0, 0.1) is 6.92 Å². The van der Waals surface area contributed by atoms with Gasteiger partial charge in [0.05, 0.1) is 20.8 Å². The average molecular weight is 407 g/mol. The Morgan fingerprint density at radius 2 is 1.84 bits per heavy atom. The number of likely N-dealkylation sites (N-methyl/N-ethyl adjacent to an activating group) is 1. The van der Waals surface area contributed by atoms with Crippen molar-refractivity contribution in [2.24, 2.45) is 0 Å². The lowest BCUT2D eigenvalue weighted by Gasteiger charge is -2.17.